The van der Waals surface area contributed by atoms with Gasteiger partial charge in [-0.15, -0.1) is 10.2 Å². The highest BCUT2D eigenvalue weighted by molar-refractivity contribution is 6.30. The molecule has 0 spiro atoms. The first-order chi connectivity index (χ1) is 14.7. The third-order valence-corrected chi connectivity index (χ3v) is 6.18. The number of nitriles is 1. The van der Waals surface area contributed by atoms with Gasteiger partial charge >= 0.3 is 0 Å². The molecule has 2 aromatic carbocycles. The van der Waals surface area contributed by atoms with E-state index in [4.69, 9.17) is 21.6 Å². The summed E-state index contributed by atoms with van der Waals surface area (Å²) in [6, 6.07) is 15.6. The second-order valence-electron chi connectivity index (χ2n) is 7.92. The Bertz CT molecular complexity index is 1110. The van der Waals surface area contributed by atoms with Crippen molar-refractivity contribution in [2.24, 2.45) is 0 Å². The van der Waals surface area contributed by atoms with E-state index in [2.05, 4.69) is 32.2 Å². The molecule has 1 aliphatic heterocycles. The first kappa shape index (κ1) is 19.1. The predicted molar refractivity (Wildman–Crippen MR) is 114 cm³/mol. The summed E-state index contributed by atoms with van der Waals surface area (Å²) in [5.41, 5.74) is 2.91. The molecule has 1 saturated carbocycles. The molecule has 1 aromatic heterocycles. The second-order valence-corrected chi connectivity index (χ2v) is 8.35. The van der Waals surface area contributed by atoms with Crippen molar-refractivity contribution in [3.63, 3.8) is 0 Å². The topological polar surface area (TPSA) is 75.8 Å². The first-order valence-corrected chi connectivity index (χ1v) is 10.7. The molecule has 0 radical (unpaired) electrons. The van der Waals surface area contributed by atoms with Gasteiger partial charge in [-0.05, 0) is 67.6 Å². The van der Waals surface area contributed by atoms with Crippen LogP contribution >= 0.6 is 11.6 Å². The summed E-state index contributed by atoms with van der Waals surface area (Å²) >= 11 is 6.22. The van der Waals surface area contributed by atoms with Crippen molar-refractivity contribution >= 4 is 11.6 Å². The molecule has 7 heteroatoms. The van der Waals surface area contributed by atoms with Crippen molar-refractivity contribution in [2.45, 2.75) is 50.8 Å². The fourth-order valence-electron chi connectivity index (χ4n) is 4.46. The lowest BCUT2D eigenvalue weighted by Crippen LogP contribution is -2.25. The van der Waals surface area contributed by atoms with Crippen molar-refractivity contribution in [2.75, 3.05) is 0 Å². The maximum Gasteiger partial charge on any atom is 0.151 e. The van der Waals surface area contributed by atoms with Gasteiger partial charge in [0.1, 0.15) is 11.6 Å². The summed E-state index contributed by atoms with van der Waals surface area (Å²) in [5.74, 6) is 3.09. The number of ether oxygens (including phenoxy) is 1. The zero-order chi connectivity index (χ0) is 20.5. The van der Waals surface area contributed by atoms with Crippen LogP contribution in [0.15, 0.2) is 42.5 Å². The number of benzene rings is 2. The zero-order valence-electron chi connectivity index (χ0n) is 16.5. The van der Waals surface area contributed by atoms with Crippen LogP contribution in [0.2, 0.25) is 5.02 Å². The highest BCUT2D eigenvalue weighted by Gasteiger charge is 2.30. The van der Waals surface area contributed by atoms with E-state index in [9.17, 15) is 0 Å². The lowest BCUT2D eigenvalue weighted by atomic mass is 9.86. The van der Waals surface area contributed by atoms with Crippen LogP contribution in [0.5, 0.6) is 5.75 Å². The average molecular weight is 420 g/mol. The SMILES string of the molecule is N#Cc1cccc(OC2CCC(c3nnc4n3-c3ccc(Cl)cc3CNC4)CC2)c1. The van der Waals surface area contributed by atoms with Gasteiger partial charge in [-0.3, -0.25) is 4.57 Å². The van der Waals surface area contributed by atoms with E-state index < -0.39 is 0 Å². The summed E-state index contributed by atoms with van der Waals surface area (Å²) in [6.07, 6.45) is 4.06. The number of nitrogens with zero attached hydrogens (tertiary/aromatic N) is 4. The van der Waals surface area contributed by atoms with E-state index in [1.54, 1.807) is 12.1 Å². The van der Waals surface area contributed by atoms with Crippen LogP contribution in [-0.2, 0) is 13.1 Å². The third-order valence-electron chi connectivity index (χ3n) is 5.94. The van der Waals surface area contributed by atoms with Gasteiger partial charge in [-0.1, -0.05) is 17.7 Å². The third kappa shape index (κ3) is 3.67. The van der Waals surface area contributed by atoms with Gasteiger partial charge in [-0.25, -0.2) is 0 Å². The van der Waals surface area contributed by atoms with Gasteiger partial charge in [0, 0.05) is 17.5 Å². The minimum absolute atomic E-state index is 0.162. The highest BCUT2D eigenvalue weighted by Crippen LogP contribution is 2.36. The lowest BCUT2D eigenvalue weighted by Gasteiger charge is -2.29. The molecule has 0 amide bonds. The Labute approximate surface area is 180 Å². The van der Waals surface area contributed by atoms with Gasteiger partial charge in [0.15, 0.2) is 5.82 Å². The summed E-state index contributed by atoms with van der Waals surface area (Å²) in [4.78, 5) is 0. The monoisotopic (exact) mass is 419 g/mol. The smallest absolute Gasteiger partial charge is 0.151 e. The molecule has 2 aliphatic rings. The van der Waals surface area contributed by atoms with E-state index in [1.165, 1.54) is 0 Å². The standard InChI is InChI=1S/C23H22ClN5O/c24-18-6-9-21-17(11-18)13-26-14-22-27-28-23(29(21)22)16-4-7-19(8-5-16)30-20-3-1-2-15(10-20)12-25/h1-3,6,9-11,16,19,26H,4-5,7-8,13-14H2. The van der Waals surface area contributed by atoms with E-state index >= 15 is 0 Å². The Kier molecular flexibility index (Phi) is 5.16. The molecule has 2 heterocycles. The normalized spacial score (nSPS) is 20.5. The number of halogens is 1. The quantitative estimate of drug-likeness (QED) is 0.676. The lowest BCUT2D eigenvalue weighted by molar-refractivity contribution is 0.144. The second kappa shape index (κ2) is 8.10. The highest BCUT2D eigenvalue weighted by atomic mass is 35.5. The van der Waals surface area contributed by atoms with Crippen LogP contribution in [0.4, 0.5) is 0 Å². The maximum atomic E-state index is 9.08. The average Bonchev–Trinajstić information content (AvgIpc) is 3.10. The molecule has 6 nitrogen and oxygen atoms in total. The van der Waals surface area contributed by atoms with E-state index in [-0.39, 0.29) is 6.10 Å². The Morgan fingerprint density at radius 2 is 1.93 bits per heavy atom. The minimum Gasteiger partial charge on any atom is -0.490 e. The van der Waals surface area contributed by atoms with Crippen LogP contribution in [0, 0.1) is 11.3 Å². The van der Waals surface area contributed by atoms with Crippen LogP contribution in [0.25, 0.3) is 5.69 Å². The van der Waals surface area contributed by atoms with Crippen LogP contribution < -0.4 is 10.1 Å². The van der Waals surface area contributed by atoms with Gasteiger partial charge in [0.25, 0.3) is 0 Å². The molecule has 1 fully saturated rings. The van der Waals surface area contributed by atoms with E-state index in [0.29, 0.717) is 18.0 Å². The van der Waals surface area contributed by atoms with Crippen molar-refractivity contribution in [3.8, 4) is 17.5 Å². The molecule has 0 atom stereocenters. The van der Waals surface area contributed by atoms with Gasteiger partial charge < -0.3 is 10.1 Å². The molecule has 3 aromatic rings. The summed E-state index contributed by atoms with van der Waals surface area (Å²) < 4.78 is 8.36. The van der Waals surface area contributed by atoms with E-state index in [1.807, 2.05) is 24.3 Å². The molecule has 0 unspecified atom stereocenters. The van der Waals surface area contributed by atoms with Gasteiger partial charge in [0.05, 0.1) is 30.0 Å². The van der Waals surface area contributed by atoms with Crippen LogP contribution in [0.3, 0.4) is 0 Å². The molecular weight excluding hydrogens is 398 g/mol. The fraction of sp³-hybridized carbons (Fsp3) is 0.348. The predicted octanol–water partition coefficient (Wildman–Crippen LogP) is 4.50. The Balaban J connectivity index is 1.34. The number of rotatable bonds is 3. The van der Waals surface area contributed by atoms with Crippen molar-refractivity contribution in [1.29, 1.82) is 5.26 Å². The van der Waals surface area contributed by atoms with Crippen molar-refractivity contribution in [1.82, 2.24) is 20.1 Å². The minimum atomic E-state index is 0.162. The van der Waals surface area contributed by atoms with Crippen molar-refractivity contribution in [3.05, 3.63) is 70.3 Å². The molecule has 5 rings (SSSR count). The molecule has 30 heavy (non-hydrogen) atoms. The van der Waals surface area contributed by atoms with Gasteiger partial charge in [0.2, 0.25) is 0 Å². The Hall–Kier alpha value is -2.88. The van der Waals surface area contributed by atoms with E-state index in [0.717, 1.165) is 65.9 Å². The summed E-state index contributed by atoms with van der Waals surface area (Å²) in [6.45, 7) is 1.45. The molecule has 0 saturated heterocycles. The van der Waals surface area contributed by atoms with Crippen molar-refractivity contribution < 1.29 is 4.74 Å². The molecule has 1 N–H and O–H groups in total. The number of hydrogen-bond acceptors (Lipinski definition) is 5. The molecule has 152 valence electrons. The fourth-order valence-corrected chi connectivity index (χ4v) is 4.66. The number of aromatic nitrogens is 3. The molecule has 0 bridgehead atoms. The molecular formula is C23H22ClN5O. The first-order valence-electron chi connectivity index (χ1n) is 10.3. The number of nitrogens with one attached hydrogen (secondary N) is 1. The summed E-state index contributed by atoms with van der Waals surface area (Å²) in [5, 5.41) is 22.3. The number of hydrogen-bond donors (Lipinski definition) is 1. The largest absolute Gasteiger partial charge is 0.490 e. The Morgan fingerprint density at radius 1 is 1.07 bits per heavy atom. The Morgan fingerprint density at radius 3 is 2.77 bits per heavy atom. The summed E-state index contributed by atoms with van der Waals surface area (Å²) in [7, 11) is 0. The number of fused-ring (bicyclic) bond motifs is 3. The molecule has 1 aliphatic carbocycles. The van der Waals surface area contributed by atoms with Crippen LogP contribution in [0.1, 0.15) is 54.4 Å². The maximum absolute atomic E-state index is 9.08. The van der Waals surface area contributed by atoms with Crippen LogP contribution in [-0.4, -0.2) is 20.9 Å². The zero-order valence-corrected chi connectivity index (χ0v) is 17.3. The van der Waals surface area contributed by atoms with Gasteiger partial charge in [-0.2, -0.15) is 5.26 Å².